The van der Waals surface area contributed by atoms with E-state index in [2.05, 4.69) is 20.3 Å². The number of aryl methyl sites for hydroxylation is 2. The maximum Gasteiger partial charge on any atom is 0.220 e. The van der Waals surface area contributed by atoms with Crippen molar-refractivity contribution in [2.75, 3.05) is 13.7 Å². The summed E-state index contributed by atoms with van der Waals surface area (Å²) < 4.78 is 5.83. The molecule has 1 aromatic carbocycles. The number of carbonyl (C=O) groups is 1. The van der Waals surface area contributed by atoms with E-state index in [9.17, 15) is 4.79 Å². The molecule has 0 saturated carbocycles. The summed E-state index contributed by atoms with van der Waals surface area (Å²) in [5.41, 5.74) is 5.49. The minimum absolute atomic E-state index is 0.00173. The fourth-order valence-corrected chi connectivity index (χ4v) is 2.91. The zero-order chi connectivity index (χ0) is 17.8. The van der Waals surface area contributed by atoms with E-state index in [4.69, 9.17) is 4.74 Å². The maximum atomic E-state index is 11.7. The zero-order valence-corrected chi connectivity index (χ0v) is 14.7. The van der Waals surface area contributed by atoms with Crippen LogP contribution in [0.25, 0.3) is 22.4 Å². The fourth-order valence-electron chi connectivity index (χ4n) is 2.91. The smallest absolute Gasteiger partial charge is 0.220 e. The van der Waals surface area contributed by atoms with Gasteiger partial charge in [0.1, 0.15) is 11.3 Å². The lowest BCUT2D eigenvalue weighted by Crippen LogP contribution is -2.18. The first-order chi connectivity index (χ1) is 12.1. The Labute approximate surface area is 146 Å². The molecule has 130 valence electrons. The van der Waals surface area contributed by atoms with E-state index < -0.39 is 0 Å². The summed E-state index contributed by atoms with van der Waals surface area (Å²) in [7, 11) is 1.64. The average Bonchev–Trinajstić information content (AvgIpc) is 2.98. The quantitative estimate of drug-likeness (QED) is 0.724. The van der Waals surface area contributed by atoms with Gasteiger partial charge in [0.2, 0.25) is 5.91 Å². The van der Waals surface area contributed by atoms with Gasteiger partial charge in [0.25, 0.3) is 0 Å². The number of H-pyrrole nitrogens is 1. The third-order valence-electron chi connectivity index (χ3n) is 4.12. The van der Waals surface area contributed by atoms with E-state index in [1.807, 2.05) is 32.0 Å². The lowest BCUT2D eigenvalue weighted by molar-refractivity contribution is -0.120. The molecule has 0 atom stereocenters. The summed E-state index contributed by atoms with van der Waals surface area (Å²) in [6.07, 6.45) is 4.29. The molecule has 0 unspecified atom stereocenters. The van der Waals surface area contributed by atoms with Crippen molar-refractivity contribution >= 4 is 17.1 Å². The number of ether oxygens (including phenoxy) is 1. The Morgan fingerprint density at radius 1 is 1.28 bits per heavy atom. The lowest BCUT2D eigenvalue weighted by atomic mass is 10.0. The number of carbonyl (C=O) groups excluding carboxylic acids is 1. The predicted molar refractivity (Wildman–Crippen MR) is 97.6 cm³/mol. The minimum Gasteiger partial charge on any atom is -0.493 e. The number of amides is 1. The van der Waals surface area contributed by atoms with Crippen LogP contribution in [0.3, 0.4) is 0 Å². The summed E-state index contributed by atoms with van der Waals surface area (Å²) in [6, 6.07) is 6.11. The SMILES string of the molecule is CCOc1cc(C)ccc1-c1[nH]c2nccnc2c1CCC(=O)NC. The van der Waals surface area contributed by atoms with Gasteiger partial charge in [-0.05, 0) is 38.0 Å². The van der Waals surface area contributed by atoms with Gasteiger partial charge < -0.3 is 15.0 Å². The van der Waals surface area contributed by atoms with Crippen LogP contribution in [-0.2, 0) is 11.2 Å². The summed E-state index contributed by atoms with van der Waals surface area (Å²) >= 11 is 0. The Bertz CT molecular complexity index is 902. The molecule has 25 heavy (non-hydrogen) atoms. The number of fused-ring (bicyclic) bond motifs is 1. The maximum absolute atomic E-state index is 11.7. The Hall–Kier alpha value is -2.89. The van der Waals surface area contributed by atoms with Crippen molar-refractivity contribution in [3.8, 4) is 17.0 Å². The third-order valence-corrected chi connectivity index (χ3v) is 4.12. The Balaban J connectivity index is 2.14. The van der Waals surface area contributed by atoms with Crippen LogP contribution in [0.1, 0.15) is 24.5 Å². The van der Waals surface area contributed by atoms with Gasteiger partial charge >= 0.3 is 0 Å². The number of aromatic nitrogens is 3. The van der Waals surface area contributed by atoms with Crippen molar-refractivity contribution in [3.05, 3.63) is 41.7 Å². The van der Waals surface area contributed by atoms with Crippen molar-refractivity contribution in [1.82, 2.24) is 20.3 Å². The Morgan fingerprint density at radius 3 is 2.84 bits per heavy atom. The standard InChI is InChI=1S/C19H22N4O2/c1-4-25-15-11-12(2)5-6-13(15)17-14(7-8-16(24)20-3)18-19(23-17)22-10-9-21-18/h5-6,9-11H,4,7-8H2,1-3H3,(H,20,24)(H,22,23). The predicted octanol–water partition coefficient (Wildman–Crippen LogP) is 3.01. The monoisotopic (exact) mass is 338 g/mol. The highest BCUT2D eigenvalue weighted by Crippen LogP contribution is 2.36. The molecular formula is C19H22N4O2. The third kappa shape index (κ3) is 3.47. The summed E-state index contributed by atoms with van der Waals surface area (Å²) in [5, 5.41) is 2.66. The molecule has 0 aliphatic carbocycles. The highest BCUT2D eigenvalue weighted by Gasteiger charge is 2.18. The van der Waals surface area contributed by atoms with Crippen LogP contribution in [0.2, 0.25) is 0 Å². The lowest BCUT2D eigenvalue weighted by Gasteiger charge is -2.12. The van der Waals surface area contributed by atoms with Crippen molar-refractivity contribution < 1.29 is 9.53 Å². The summed E-state index contributed by atoms with van der Waals surface area (Å²) in [5.74, 6) is 0.813. The first kappa shape index (κ1) is 17.0. The van der Waals surface area contributed by atoms with E-state index in [1.54, 1.807) is 19.4 Å². The molecule has 0 radical (unpaired) electrons. The topological polar surface area (TPSA) is 79.9 Å². The number of hydrogen-bond donors (Lipinski definition) is 2. The van der Waals surface area contributed by atoms with Crippen molar-refractivity contribution in [2.24, 2.45) is 0 Å². The normalized spacial score (nSPS) is 10.8. The molecule has 0 spiro atoms. The molecule has 3 aromatic rings. The molecule has 3 rings (SSSR count). The molecule has 0 bridgehead atoms. The van der Waals surface area contributed by atoms with Gasteiger partial charge in [0.15, 0.2) is 5.65 Å². The molecule has 2 N–H and O–H groups in total. The number of benzene rings is 1. The molecule has 0 aliphatic rings. The van der Waals surface area contributed by atoms with Gasteiger partial charge in [-0.15, -0.1) is 0 Å². The Kier molecular flexibility index (Phi) is 4.97. The zero-order valence-electron chi connectivity index (χ0n) is 14.7. The molecule has 1 amide bonds. The number of rotatable bonds is 6. The van der Waals surface area contributed by atoms with Gasteiger partial charge in [-0.25, -0.2) is 4.98 Å². The molecule has 2 heterocycles. The molecule has 0 fully saturated rings. The second-order valence-electron chi connectivity index (χ2n) is 5.84. The van der Waals surface area contributed by atoms with Crippen LogP contribution in [0, 0.1) is 6.92 Å². The Morgan fingerprint density at radius 2 is 2.08 bits per heavy atom. The number of nitrogens with zero attached hydrogens (tertiary/aromatic N) is 2. The second-order valence-corrected chi connectivity index (χ2v) is 5.84. The van der Waals surface area contributed by atoms with Crippen molar-refractivity contribution in [3.63, 3.8) is 0 Å². The van der Waals surface area contributed by atoms with Crippen molar-refractivity contribution in [2.45, 2.75) is 26.7 Å². The van der Waals surface area contributed by atoms with Crippen LogP contribution in [0.15, 0.2) is 30.6 Å². The molecule has 0 saturated heterocycles. The average molecular weight is 338 g/mol. The molecule has 6 nitrogen and oxygen atoms in total. The number of nitrogens with one attached hydrogen (secondary N) is 2. The number of hydrogen-bond acceptors (Lipinski definition) is 4. The highest BCUT2D eigenvalue weighted by atomic mass is 16.5. The summed E-state index contributed by atoms with van der Waals surface area (Å²) in [4.78, 5) is 23.9. The fraction of sp³-hybridized carbons (Fsp3) is 0.316. The first-order valence-electron chi connectivity index (χ1n) is 8.40. The summed E-state index contributed by atoms with van der Waals surface area (Å²) in [6.45, 7) is 4.58. The van der Waals surface area contributed by atoms with E-state index in [0.29, 0.717) is 25.1 Å². The molecule has 6 heteroatoms. The van der Waals surface area contributed by atoms with Crippen LogP contribution in [-0.4, -0.2) is 34.5 Å². The molecule has 0 aliphatic heterocycles. The van der Waals surface area contributed by atoms with Crippen LogP contribution >= 0.6 is 0 Å². The molecule has 2 aromatic heterocycles. The van der Waals surface area contributed by atoms with Gasteiger partial charge in [0, 0.05) is 37.0 Å². The van der Waals surface area contributed by atoms with Crippen LogP contribution in [0.4, 0.5) is 0 Å². The van der Waals surface area contributed by atoms with Crippen LogP contribution in [0.5, 0.6) is 5.75 Å². The van der Waals surface area contributed by atoms with Crippen LogP contribution < -0.4 is 10.1 Å². The van der Waals surface area contributed by atoms with E-state index in [1.165, 1.54) is 0 Å². The first-order valence-corrected chi connectivity index (χ1v) is 8.40. The van der Waals surface area contributed by atoms with E-state index >= 15 is 0 Å². The van der Waals surface area contributed by atoms with Gasteiger partial charge in [-0.3, -0.25) is 9.78 Å². The molecular weight excluding hydrogens is 316 g/mol. The van der Waals surface area contributed by atoms with Gasteiger partial charge in [-0.1, -0.05) is 6.07 Å². The van der Waals surface area contributed by atoms with Gasteiger partial charge in [0.05, 0.1) is 12.3 Å². The largest absolute Gasteiger partial charge is 0.493 e. The van der Waals surface area contributed by atoms with Crippen molar-refractivity contribution in [1.29, 1.82) is 0 Å². The second kappa shape index (κ2) is 7.34. The number of aromatic amines is 1. The highest BCUT2D eigenvalue weighted by molar-refractivity contribution is 5.88. The van der Waals surface area contributed by atoms with Gasteiger partial charge in [-0.2, -0.15) is 0 Å². The minimum atomic E-state index is -0.00173. The van der Waals surface area contributed by atoms with E-state index in [0.717, 1.165) is 33.7 Å². The van der Waals surface area contributed by atoms with E-state index in [-0.39, 0.29) is 5.91 Å².